The first-order chi connectivity index (χ1) is 9.65. The lowest BCUT2D eigenvalue weighted by molar-refractivity contribution is -0.117. The van der Waals surface area contributed by atoms with Crippen molar-refractivity contribution in [3.8, 4) is 0 Å². The molecule has 1 heterocycles. The highest BCUT2D eigenvalue weighted by Gasteiger charge is 2.25. The lowest BCUT2D eigenvalue weighted by atomic mass is 9.95. The molecule has 3 nitrogen and oxygen atoms in total. The average molecular weight is 309 g/mol. The van der Waals surface area contributed by atoms with Crippen LogP contribution in [0.4, 0.5) is 5.69 Å². The van der Waals surface area contributed by atoms with Gasteiger partial charge in [0.1, 0.15) is 0 Å². The number of hydrogen-bond donors (Lipinski definition) is 1. The molecule has 4 heteroatoms. The Hall–Kier alpha value is -1.06. The molecule has 0 radical (unpaired) electrons. The van der Waals surface area contributed by atoms with E-state index in [0.717, 1.165) is 37.5 Å². The monoisotopic (exact) mass is 308 g/mol. The van der Waals surface area contributed by atoms with E-state index in [0.29, 0.717) is 6.54 Å². The minimum Gasteiger partial charge on any atom is -0.311 e. The van der Waals surface area contributed by atoms with Crippen molar-refractivity contribution in [2.75, 3.05) is 24.5 Å². The van der Waals surface area contributed by atoms with Gasteiger partial charge >= 0.3 is 0 Å². The van der Waals surface area contributed by atoms with Crippen LogP contribution < -0.4 is 10.2 Å². The predicted molar refractivity (Wildman–Crippen MR) is 89.4 cm³/mol. The number of fused-ring (bicyclic) bond motifs is 1. The van der Waals surface area contributed by atoms with Gasteiger partial charge in [0.25, 0.3) is 0 Å². The number of nitrogens with one attached hydrogen (secondary N) is 1. The van der Waals surface area contributed by atoms with Gasteiger partial charge in [0.2, 0.25) is 5.91 Å². The molecule has 1 aromatic carbocycles. The van der Waals surface area contributed by atoms with E-state index in [-0.39, 0.29) is 18.3 Å². The molecule has 0 bridgehead atoms. The number of aryl methyl sites for hydroxylation is 2. The molecule has 0 unspecified atom stereocenters. The first-order valence-electron chi connectivity index (χ1n) is 7.76. The molecule has 1 aliphatic heterocycles. The summed E-state index contributed by atoms with van der Waals surface area (Å²) in [6.45, 7) is 6.60. The number of carbonyl (C=O) groups excluding carboxylic acids is 1. The second kappa shape index (κ2) is 6.80. The molecule has 0 atom stereocenters. The van der Waals surface area contributed by atoms with Gasteiger partial charge in [0, 0.05) is 12.2 Å². The molecule has 1 aromatic rings. The van der Waals surface area contributed by atoms with E-state index in [1.54, 1.807) is 0 Å². The van der Waals surface area contributed by atoms with Crippen LogP contribution >= 0.6 is 12.4 Å². The Morgan fingerprint density at radius 3 is 2.81 bits per heavy atom. The third kappa shape index (κ3) is 3.78. The Morgan fingerprint density at radius 2 is 2.10 bits per heavy atom. The molecule has 116 valence electrons. The van der Waals surface area contributed by atoms with Gasteiger partial charge in [-0.15, -0.1) is 12.4 Å². The zero-order chi connectivity index (χ0) is 14.1. The minimum absolute atomic E-state index is 0. The minimum atomic E-state index is 0. The lowest BCUT2D eigenvalue weighted by Gasteiger charge is -2.31. The van der Waals surface area contributed by atoms with Crippen LogP contribution in [0, 0.1) is 19.8 Å². The van der Waals surface area contributed by atoms with Crippen LogP contribution in [-0.2, 0) is 11.2 Å². The van der Waals surface area contributed by atoms with Crippen molar-refractivity contribution in [2.45, 2.75) is 39.5 Å². The van der Waals surface area contributed by atoms with E-state index in [9.17, 15) is 4.79 Å². The number of rotatable bonds is 4. The van der Waals surface area contributed by atoms with Gasteiger partial charge in [-0.05, 0) is 74.8 Å². The second-order valence-electron chi connectivity index (χ2n) is 6.30. The van der Waals surface area contributed by atoms with E-state index < -0.39 is 0 Å². The molecule has 1 aliphatic carbocycles. The molecular formula is C17H25ClN2O. The Labute approximate surface area is 133 Å². The molecule has 1 saturated carbocycles. The van der Waals surface area contributed by atoms with Gasteiger partial charge in [-0.2, -0.15) is 0 Å². The van der Waals surface area contributed by atoms with Crippen molar-refractivity contribution in [1.82, 2.24) is 5.32 Å². The van der Waals surface area contributed by atoms with E-state index in [4.69, 9.17) is 0 Å². The van der Waals surface area contributed by atoms with E-state index in [1.165, 1.54) is 29.5 Å². The standard InChI is InChI=1S/C17H24N2O.ClH/c1-12-8-13(2)15-4-3-7-19(16(15)9-12)17(20)11-18-10-14-5-6-14;/h8-9,14,18H,3-7,10-11H2,1-2H3;1H. The van der Waals surface area contributed by atoms with E-state index >= 15 is 0 Å². The van der Waals surface area contributed by atoms with Crippen LogP contribution in [0.5, 0.6) is 0 Å². The first-order valence-corrected chi connectivity index (χ1v) is 7.76. The number of hydrogen-bond acceptors (Lipinski definition) is 2. The largest absolute Gasteiger partial charge is 0.311 e. The second-order valence-corrected chi connectivity index (χ2v) is 6.30. The Kier molecular flexibility index (Phi) is 5.28. The summed E-state index contributed by atoms with van der Waals surface area (Å²) in [5.41, 5.74) is 5.07. The first kappa shape index (κ1) is 16.3. The van der Waals surface area contributed by atoms with Crippen molar-refractivity contribution in [2.24, 2.45) is 5.92 Å². The Bertz CT molecular complexity index is 526. The maximum atomic E-state index is 12.4. The van der Waals surface area contributed by atoms with Crippen molar-refractivity contribution >= 4 is 24.0 Å². The highest BCUT2D eigenvalue weighted by molar-refractivity contribution is 5.96. The Balaban J connectivity index is 0.00000161. The molecule has 0 aromatic heterocycles. The fourth-order valence-corrected chi connectivity index (χ4v) is 3.14. The van der Waals surface area contributed by atoms with Crippen LogP contribution in [0.2, 0.25) is 0 Å². The fourth-order valence-electron chi connectivity index (χ4n) is 3.14. The average Bonchev–Trinajstić information content (AvgIpc) is 3.22. The van der Waals surface area contributed by atoms with E-state index in [1.807, 2.05) is 4.90 Å². The lowest BCUT2D eigenvalue weighted by Crippen LogP contribution is -2.41. The molecule has 1 amide bonds. The van der Waals surface area contributed by atoms with Crippen LogP contribution in [0.15, 0.2) is 12.1 Å². The summed E-state index contributed by atoms with van der Waals surface area (Å²) in [5, 5.41) is 3.31. The summed E-state index contributed by atoms with van der Waals surface area (Å²) in [5.74, 6) is 1.04. The smallest absolute Gasteiger partial charge is 0.240 e. The molecular weight excluding hydrogens is 284 g/mol. The molecule has 0 spiro atoms. The van der Waals surface area contributed by atoms with Crippen LogP contribution in [0.3, 0.4) is 0 Å². The fraction of sp³-hybridized carbons (Fsp3) is 0.588. The summed E-state index contributed by atoms with van der Waals surface area (Å²) in [6.07, 6.45) is 4.82. The third-order valence-electron chi connectivity index (χ3n) is 4.40. The van der Waals surface area contributed by atoms with Crippen LogP contribution in [0.1, 0.15) is 36.0 Å². The maximum absolute atomic E-state index is 12.4. The highest BCUT2D eigenvalue weighted by atomic mass is 35.5. The number of nitrogens with zero attached hydrogens (tertiary/aromatic N) is 1. The Morgan fingerprint density at radius 1 is 1.33 bits per heavy atom. The zero-order valence-corrected chi connectivity index (χ0v) is 13.8. The summed E-state index contributed by atoms with van der Waals surface area (Å²) < 4.78 is 0. The number of amides is 1. The molecule has 1 fully saturated rings. The predicted octanol–water partition coefficient (Wildman–Crippen LogP) is 3.00. The summed E-state index contributed by atoms with van der Waals surface area (Å²) in [7, 11) is 0. The summed E-state index contributed by atoms with van der Waals surface area (Å²) >= 11 is 0. The molecule has 0 saturated heterocycles. The molecule has 1 N–H and O–H groups in total. The van der Waals surface area contributed by atoms with Gasteiger partial charge in [-0.3, -0.25) is 4.79 Å². The normalized spacial score (nSPS) is 17.1. The van der Waals surface area contributed by atoms with Crippen LogP contribution in [0.25, 0.3) is 0 Å². The van der Waals surface area contributed by atoms with Crippen molar-refractivity contribution in [3.63, 3.8) is 0 Å². The van der Waals surface area contributed by atoms with Crippen molar-refractivity contribution < 1.29 is 4.79 Å². The maximum Gasteiger partial charge on any atom is 0.240 e. The number of benzene rings is 1. The van der Waals surface area contributed by atoms with Gasteiger partial charge < -0.3 is 10.2 Å². The number of carbonyl (C=O) groups is 1. The third-order valence-corrected chi connectivity index (χ3v) is 4.40. The summed E-state index contributed by atoms with van der Waals surface area (Å²) in [6, 6.07) is 4.39. The van der Waals surface area contributed by atoms with Gasteiger partial charge in [-0.1, -0.05) is 6.07 Å². The molecule has 2 aliphatic rings. The number of anilines is 1. The van der Waals surface area contributed by atoms with Crippen molar-refractivity contribution in [1.29, 1.82) is 0 Å². The quantitative estimate of drug-likeness (QED) is 0.927. The summed E-state index contributed by atoms with van der Waals surface area (Å²) in [4.78, 5) is 14.4. The topological polar surface area (TPSA) is 32.3 Å². The highest BCUT2D eigenvalue weighted by Crippen LogP contribution is 2.31. The van der Waals surface area contributed by atoms with Crippen molar-refractivity contribution in [3.05, 3.63) is 28.8 Å². The van der Waals surface area contributed by atoms with E-state index in [2.05, 4.69) is 31.3 Å². The molecule has 21 heavy (non-hydrogen) atoms. The van der Waals surface area contributed by atoms with Gasteiger partial charge in [0.15, 0.2) is 0 Å². The molecule has 3 rings (SSSR count). The zero-order valence-electron chi connectivity index (χ0n) is 12.9. The number of halogens is 1. The van der Waals surface area contributed by atoms with Gasteiger partial charge in [-0.25, -0.2) is 0 Å². The SMILES string of the molecule is Cc1cc(C)c2c(c1)N(C(=O)CNCC1CC1)CCC2.Cl. The van der Waals surface area contributed by atoms with Crippen LogP contribution in [-0.4, -0.2) is 25.5 Å². The van der Waals surface area contributed by atoms with Gasteiger partial charge in [0.05, 0.1) is 6.54 Å².